The average Bonchev–Trinajstić information content (AvgIpc) is 2.26. The number of carbonyl (C=O) groups is 1. The Hall–Kier alpha value is -1.42. The first-order chi connectivity index (χ1) is 7.20. The summed E-state index contributed by atoms with van der Waals surface area (Å²) in [7, 11) is 0. The van der Waals surface area contributed by atoms with E-state index in [1.807, 2.05) is 18.7 Å². The maximum atomic E-state index is 11.2. The Labute approximate surface area is 89.6 Å². The maximum absolute atomic E-state index is 11.2. The van der Waals surface area contributed by atoms with Crippen molar-refractivity contribution < 1.29 is 9.90 Å². The Kier molecular flexibility index (Phi) is 4.24. The van der Waals surface area contributed by atoms with E-state index in [9.17, 15) is 9.90 Å². The van der Waals surface area contributed by atoms with Gasteiger partial charge < -0.3 is 5.11 Å². The highest BCUT2D eigenvalue weighted by atomic mass is 16.4. The van der Waals surface area contributed by atoms with Crippen LogP contribution < -0.4 is 0 Å². The molecular formula is C11H16N2O2. The number of rotatable bonds is 5. The number of likely N-dealkylation sites (N-methyl/N-ethyl adjacent to an activating group) is 1. The van der Waals surface area contributed by atoms with Gasteiger partial charge in [-0.15, -0.1) is 0 Å². The minimum Gasteiger partial charge on any atom is -0.480 e. The Balaban J connectivity index is 2.97. The molecule has 1 unspecified atom stereocenters. The van der Waals surface area contributed by atoms with Gasteiger partial charge in [0.25, 0.3) is 0 Å². The lowest BCUT2D eigenvalue weighted by Crippen LogP contribution is -2.33. The van der Waals surface area contributed by atoms with Gasteiger partial charge in [-0.25, -0.2) is 0 Å². The van der Waals surface area contributed by atoms with E-state index < -0.39 is 12.0 Å². The molecule has 0 radical (unpaired) electrons. The van der Waals surface area contributed by atoms with Gasteiger partial charge in [-0.2, -0.15) is 0 Å². The first-order valence-corrected chi connectivity index (χ1v) is 5.07. The van der Waals surface area contributed by atoms with Crippen molar-refractivity contribution in [1.29, 1.82) is 0 Å². The van der Waals surface area contributed by atoms with Crippen LogP contribution in [0.25, 0.3) is 0 Å². The monoisotopic (exact) mass is 208 g/mol. The summed E-state index contributed by atoms with van der Waals surface area (Å²) in [6.07, 6.45) is 3.25. The third-order valence-corrected chi connectivity index (χ3v) is 2.41. The smallest absolute Gasteiger partial charge is 0.325 e. The molecule has 4 nitrogen and oxygen atoms in total. The van der Waals surface area contributed by atoms with Gasteiger partial charge in [0.1, 0.15) is 6.04 Å². The zero-order valence-corrected chi connectivity index (χ0v) is 9.05. The fourth-order valence-corrected chi connectivity index (χ4v) is 1.64. The van der Waals surface area contributed by atoms with Crippen LogP contribution in [-0.2, 0) is 4.79 Å². The van der Waals surface area contributed by atoms with Gasteiger partial charge in [0.15, 0.2) is 0 Å². The Bertz CT molecular complexity index is 310. The normalized spacial score (nSPS) is 12.7. The number of aliphatic carboxylic acids is 1. The molecule has 0 amide bonds. The number of carboxylic acid groups (broad SMARTS) is 1. The third-order valence-electron chi connectivity index (χ3n) is 2.41. The molecule has 1 aromatic heterocycles. The first kappa shape index (κ1) is 11.7. The summed E-state index contributed by atoms with van der Waals surface area (Å²) < 4.78 is 0. The minimum absolute atomic E-state index is 0.589. The lowest BCUT2D eigenvalue weighted by atomic mass is 10.1. The molecule has 0 aliphatic carbocycles. The van der Waals surface area contributed by atoms with Crippen LogP contribution in [0.15, 0.2) is 24.5 Å². The van der Waals surface area contributed by atoms with Gasteiger partial charge >= 0.3 is 5.97 Å². The number of carboxylic acids is 1. The number of hydrogen-bond acceptors (Lipinski definition) is 3. The van der Waals surface area contributed by atoms with Gasteiger partial charge in [-0.3, -0.25) is 14.7 Å². The fraction of sp³-hybridized carbons (Fsp3) is 0.455. The minimum atomic E-state index is -0.827. The van der Waals surface area contributed by atoms with Crippen molar-refractivity contribution in [3.8, 4) is 0 Å². The topological polar surface area (TPSA) is 53.4 Å². The SMILES string of the molecule is CCN(CC)C(C(=O)O)c1cccnc1. The van der Waals surface area contributed by atoms with Gasteiger partial charge in [0, 0.05) is 12.4 Å². The number of aromatic nitrogens is 1. The first-order valence-electron chi connectivity index (χ1n) is 5.07. The quantitative estimate of drug-likeness (QED) is 0.797. The molecule has 4 heteroatoms. The molecule has 0 fully saturated rings. The highest BCUT2D eigenvalue weighted by Gasteiger charge is 2.25. The molecule has 0 aromatic carbocycles. The molecule has 1 rings (SSSR count). The summed E-state index contributed by atoms with van der Waals surface area (Å²) >= 11 is 0. The van der Waals surface area contributed by atoms with Crippen LogP contribution in [-0.4, -0.2) is 34.0 Å². The zero-order chi connectivity index (χ0) is 11.3. The van der Waals surface area contributed by atoms with Crippen molar-refractivity contribution in [3.05, 3.63) is 30.1 Å². The Morgan fingerprint density at radius 1 is 1.53 bits per heavy atom. The van der Waals surface area contributed by atoms with E-state index in [4.69, 9.17) is 0 Å². The number of pyridine rings is 1. The molecule has 0 saturated carbocycles. The van der Waals surface area contributed by atoms with Crippen LogP contribution in [0.1, 0.15) is 25.5 Å². The van der Waals surface area contributed by atoms with Crippen LogP contribution in [0, 0.1) is 0 Å². The van der Waals surface area contributed by atoms with Gasteiger partial charge in [-0.1, -0.05) is 19.9 Å². The van der Waals surface area contributed by atoms with Crippen LogP contribution in [0.4, 0.5) is 0 Å². The van der Waals surface area contributed by atoms with E-state index in [-0.39, 0.29) is 0 Å². The molecule has 1 N–H and O–H groups in total. The van der Waals surface area contributed by atoms with Crippen molar-refractivity contribution in [1.82, 2.24) is 9.88 Å². The van der Waals surface area contributed by atoms with E-state index >= 15 is 0 Å². The largest absolute Gasteiger partial charge is 0.480 e. The molecular weight excluding hydrogens is 192 g/mol. The van der Waals surface area contributed by atoms with E-state index in [1.54, 1.807) is 24.5 Å². The Morgan fingerprint density at radius 2 is 2.20 bits per heavy atom. The summed E-state index contributed by atoms with van der Waals surface area (Å²) in [6.45, 7) is 5.33. The molecule has 0 bridgehead atoms. The number of hydrogen-bond donors (Lipinski definition) is 1. The van der Waals surface area contributed by atoms with E-state index in [0.29, 0.717) is 13.1 Å². The van der Waals surface area contributed by atoms with Crippen molar-refractivity contribution in [2.45, 2.75) is 19.9 Å². The zero-order valence-electron chi connectivity index (χ0n) is 9.05. The standard InChI is InChI=1S/C11H16N2O2/c1-3-13(4-2)10(11(14)15)9-6-5-7-12-8-9/h5-8,10H,3-4H2,1-2H3,(H,14,15). The molecule has 0 saturated heterocycles. The van der Waals surface area contributed by atoms with Crippen molar-refractivity contribution in [3.63, 3.8) is 0 Å². The summed E-state index contributed by atoms with van der Waals surface area (Å²) in [5, 5.41) is 9.19. The van der Waals surface area contributed by atoms with E-state index in [0.717, 1.165) is 5.56 Å². The van der Waals surface area contributed by atoms with Crippen LogP contribution >= 0.6 is 0 Å². The van der Waals surface area contributed by atoms with Crippen LogP contribution in [0.2, 0.25) is 0 Å². The van der Waals surface area contributed by atoms with Gasteiger partial charge in [-0.05, 0) is 24.7 Å². The molecule has 82 valence electrons. The second kappa shape index (κ2) is 5.46. The van der Waals surface area contributed by atoms with Crippen molar-refractivity contribution in [2.75, 3.05) is 13.1 Å². The summed E-state index contributed by atoms with van der Waals surface area (Å²) in [5.41, 5.74) is 0.730. The highest BCUT2D eigenvalue weighted by Crippen LogP contribution is 2.19. The fourth-order valence-electron chi connectivity index (χ4n) is 1.64. The lowest BCUT2D eigenvalue weighted by molar-refractivity contribution is -0.143. The summed E-state index contributed by atoms with van der Waals surface area (Å²) in [6, 6.07) is 2.97. The van der Waals surface area contributed by atoms with E-state index in [1.165, 1.54) is 0 Å². The van der Waals surface area contributed by atoms with Crippen LogP contribution in [0.3, 0.4) is 0 Å². The second-order valence-corrected chi connectivity index (χ2v) is 3.25. The maximum Gasteiger partial charge on any atom is 0.325 e. The van der Waals surface area contributed by atoms with Gasteiger partial charge in [0.2, 0.25) is 0 Å². The van der Waals surface area contributed by atoms with Gasteiger partial charge in [0.05, 0.1) is 0 Å². The third kappa shape index (κ3) is 2.76. The molecule has 1 heterocycles. The predicted molar refractivity (Wildman–Crippen MR) is 57.5 cm³/mol. The van der Waals surface area contributed by atoms with E-state index in [2.05, 4.69) is 4.98 Å². The molecule has 1 atom stereocenters. The van der Waals surface area contributed by atoms with Crippen LogP contribution in [0.5, 0.6) is 0 Å². The second-order valence-electron chi connectivity index (χ2n) is 3.25. The Morgan fingerprint density at radius 3 is 2.60 bits per heavy atom. The molecule has 15 heavy (non-hydrogen) atoms. The average molecular weight is 208 g/mol. The highest BCUT2D eigenvalue weighted by molar-refractivity contribution is 5.75. The summed E-state index contributed by atoms with van der Waals surface area (Å²) in [5.74, 6) is -0.827. The lowest BCUT2D eigenvalue weighted by Gasteiger charge is -2.25. The summed E-state index contributed by atoms with van der Waals surface area (Å²) in [4.78, 5) is 17.0. The molecule has 0 aliphatic rings. The molecule has 1 aromatic rings. The predicted octanol–water partition coefficient (Wildman–Crippen LogP) is 1.55. The molecule has 0 spiro atoms. The molecule has 0 aliphatic heterocycles. The van der Waals surface area contributed by atoms with Crippen molar-refractivity contribution >= 4 is 5.97 Å². The number of nitrogens with zero attached hydrogens (tertiary/aromatic N) is 2. The van der Waals surface area contributed by atoms with Crippen molar-refractivity contribution in [2.24, 2.45) is 0 Å².